The lowest BCUT2D eigenvalue weighted by Crippen LogP contribution is -2.39. The second kappa shape index (κ2) is 10.8. The average molecular weight is 615 g/mol. The largest absolute Gasteiger partial charge is 0.497 e. The standard InChI is InChI=1S/C34H32ClFN4O4/c1-33(2)43-30-29(40-13-11-21-6-5-12-37-32(21)40)14-22(34(30,3)44-33)19-42-24-15-27(36)25-17-26(35)31(39-28(25)16-24)38-18-20-7-9-23(41-4)10-8-20/h5-17,29-30H,18-19H2,1-4H3,(H,38,39)/t29-,30+,34-/m1/s1. The van der Waals surface area contributed by atoms with E-state index in [-0.39, 0.29) is 18.8 Å². The van der Waals surface area contributed by atoms with Crippen LogP contribution in [-0.4, -0.2) is 45.7 Å². The van der Waals surface area contributed by atoms with Crippen LogP contribution in [0, 0.1) is 5.82 Å². The van der Waals surface area contributed by atoms with Crippen molar-refractivity contribution >= 4 is 39.4 Å². The smallest absolute Gasteiger partial charge is 0.164 e. The van der Waals surface area contributed by atoms with Crippen LogP contribution >= 0.6 is 11.6 Å². The van der Waals surface area contributed by atoms with Gasteiger partial charge in [-0.3, -0.25) is 0 Å². The molecular formula is C34H32ClFN4O4. The predicted octanol–water partition coefficient (Wildman–Crippen LogP) is 7.47. The number of aromatic nitrogens is 3. The molecule has 4 heterocycles. The molecule has 8 nitrogen and oxygen atoms in total. The fourth-order valence-electron chi connectivity index (χ4n) is 6.24. The van der Waals surface area contributed by atoms with Crippen LogP contribution in [0.2, 0.25) is 5.02 Å². The molecule has 1 aliphatic heterocycles. The Hall–Kier alpha value is -4.18. The summed E-state index contributed by atoms with van der Waals surface area (Å²) < 4.78 is 41.8. The molecule has 44 heavy (non-hydrogen) atoms. The Morgan fingerprint density at radius 2 is 1.89 bits per heavy atom. The molecule has 0 amide bonds. The zero-order valence-corrected chi connectivity index (χ0v) is 25.6. The summed E-state index contributed by atoms with van der Waals surface area (Å²) in [4.78, 5) is 9.23. The van der Waals surface area contributed by atoms with Crippen molar-refractivity contribution in [3.63, 3.8) is 0 Å². The van der Waals surface area contributed by atoms with Gasteiger partial charge in [0.05, 0.1) is 23.7 Å². The normalized spacial score (nSPS) is 22.3. The van der Waals surface area contributed by atoms with Gasteiger partial charge in [0.1, 0.15) is 47.1 Å². The summed E-state index contributed by atoms with van der Waals surface area (Å²) in [6, 6.07) is 18.2. The summed E-state index contributed by atoms with van der Waals surface area (Å²) in [6.07, 6.45) is 5.62. The highest BCUT2D eigenvalue weighted by Crippen LogP contribution is 2.51. The second-order valence-electron chi connectivity index (χ2n) is 11.8. The lowest BCUT2D eigenvalue weighted by Gasteiger charge is -2.28. The van der Waals surface area contributed by atoms with Crippen molar-refractivity contribution in [2.75, 3.05) is 19.0 Å². The van der Waals surface area contributed by atoms with Crippen LogP contribution in [0.5, 0.6) is 11.5 Å². The number of pyridine rings is 2. The third-order valence-corrected chi connectivity index (χ3v) is 8.64. The molecule has 0 radical (unpaired) electrons. The molecule has 0 bridgehead atoms. The van der Waals surface area contributed by atoms with Gasteiger partial charge in [-0.05, 0) is 68.3 Å². The van der Waals surface area contributed by atoms with Crippen molar-refractivity contribution in [1.82, 2.24) is 14.5 Å². The quantitative estimate of drug-likeness (QED) is 0.182. The molecule has 5 aromatic rings. The number of halogens is 2. The van der Waals surface area contributed by atoms with Gasteiger partial charge in [0, 0.05) is 41.8 Å². The molecule has 226 valence electrons. The minimum atomic E-state index is -0.791. The van der Waals surface area contributed by atoms with Crippen LogP contribution in [0.3, 0.4) is 0 Å². The van der Waals surface area contributed by atoms with Crippen LogP contribution < -0.4 is 14.8 Å². The minimum Gasteiger partial charge on any atom is -0.497 e. The molecule has 1 N–H and O–H groups in total. The van der Waals surface area contributed by atoms with Crippen LogP contribution in [-0.2, 0) is 16.0 Å². The summed E-state index contributed by atoms with van der Waals surface area (Å²) in [7, 11) is 1.63. The minimum absolute atomic E-state index is 0.163. The Labute approximate surface area is 259 Å². The number of fused-ring (bicyclic) bond motifs is 3. The number of hydrogen-bond acceptors (Lipinski definition) is 7. The molecule has 10 heteroatoms. The SMILES string of the molecule is COc1ccc(CNc2nc3cc(OCC4=C[C@@H](n5ccc6cccnc65)[C@@H]5OC(C)(C)O[C@]45C)cc(F)c3cc2Cl)cc1. The van der Waals surface area contributed by atoms with Crippen LogP contribution in [0.25, 0.3) is 21.9 Å². The zero-order chi connectivity index (χ0) is 30.6. The van der Waals surface area contributed by atoms with E-state index < -0.39 is 17.2 Å². The first kappa shape index (κ1) is 28.6. The average Bonchev–Trinajstić information content (AvgIpc) is 3.62. The van der Waals surface area contributed by atoms with E-state index in [4.69, 9.17) is 30.5 Å². The summed E-state index contributed by atoms with van der Waals surface area (Å²) >= 11 is 6.48. The number of hydrogen-bond donors (Lipinski definition) is 1. The highest BCUT2D eigenvalue weighted by Gasteiger charge is 2.59. The summed E-state index contributed by atoms with van der Waals surface area (Å²) in [5.74, 6) is 0.317. The van der Waals surface area contributed by atoms with Crippen molar-refractivity contribution in [1.29, 1.82) is 0 Å². The van der Waals surface area contributed by atoms with Gasteiger partial charge in [0.15, 0.2) is 5.79 Å². The van der Waals surface area contributed by atoms with Crippen molar-refractivity contribution in [2.45, 2.75) is 50.8 Å². The van der Waals surface area contributed by atoms with Crippen molar-refractivity contribution in [3.05, 3.63) is 101 Å². The molecule has 3 atom stereocenters. The summed E-state index contributed by atoms with van der Waals surface area (Å²) in [6.45, 7) is 6.51. The third-order valence-electron chi connectivity index (χ3n) is 8.35. The maximum atomic E-state index is 15.3. The van der Waals surface area contributed by atoms with E-state index in [0.717, 1.165) is 27.9 Å². The van der Waals surface area contributed by atoms with Crippen molar-refractivity contribution < 1.29 is 23.3 Å². The predicted molar refractivity (Wildman–Crippen MR) is 168 cm³/mol. The molecule has 0 unspecified atom stereocenters. The third kappa shape index (κ3) is 5.04. The molecular weight excluding hydrogens is 583 g/mol. The molecule has 3 aromatic heterocycles. The lowest BCUT2D eigenvalue weighted by molar-refractivity contribution is -0.158. The van der Waals surface area contributed by atoms with Crippen molar-refractivity contribution in [3.8, 4) is 11.5 Å². The first-order valence-electron chi connectivity index (χ1n) is 14.4. The van der Waals surface area contributed by atoms with Gasteiger partial charge in [-0.15, -0.1) is 0 Å². The summed E-state index contributed by atoms with van der Waals surface area (Å²) in [5, 5.41) is 4.93. The molecule has 1 saturated heterocycles. The number of benzene rings is 2. The van der Waals surface area contributed by atoms with Gasteiger partial charge in [0.2, 0.25) is 0 Å². The highest BCUT2D eigenvalue weighted by molar-refractivity contribution is 6.33. The monoisotopic (exact) mass is 614 g/mol. The Morgan fingerprint density at radius 1 is 1.07 bits per heavy atom. The number of nitrogens with zero attached hydrogens (tertiary/aromatic N) is 3. The maximum Gasteiger partial charge on any atom is 0.164 e. The fraction of sp³-hybridized carbons (Fsp3) is 0.294. The van der Waals surface area contributed by atoms with E-state index in [1.807, 2.05) is 69.4 Å². The van der Waals surface area contributed by atoms with Gasteiger partial charge in [-0.1, -0.05) is 29.8 Å². The molecule has 1 fully saturated rings. The number of rotatable bonds is 8. The van der Waals surface area contributed by atoms with Gasteiger partial charge in [-0.2, -0.15) is 0 Å². The molecule has 2 aliphatic rings. The Bertz CT molecular complexity index is 1910. The van der Waals surface area contributed by atoms with E-state index in [0.29, 0.717) is 34.0 Å². The van der Waals surface area contributed by atoms with Gasteiger partial charge in [-0.25, -0.2) is 14.4 Å². The maximum absolute atomic E-state index is 15.3. The first-order chi connectivity index (χ1) is 21.1. The van der Waals surface area contributed by atoms with E-state index in [1.54, 1.807) is 25.4 Å². The van der Waals surface area contributed by atoms with Crippen LogP contribution in [0.4, 0.5) is 10.2 Å². The zero-order valence-electron chi connectivity index (χ0n) is 24.8. The highest BCUT2D eigenvalue weighted by atomic mass is 35.5. The number of anilines is 1. The number of nitrogens with one attached hydrogen (secondary N) is 1. The second-order valence-corrected chi connectivity index (χ2v) is 12.2. The number of methoxy groups -OCH3 is 1. The van der Waals surface area contributed by atoms with Crippen LogP contribution in [0.15, 0.2) is 84.7 Å². The van der Waals surface area contributed by atoms with E-state index in [2.05, 4.69) is 25.9 Å². The molecule has 7 rings (SSSR count). The topological polar surface area (TPSA) is 79.7 Å². The van der Waals surface area contributed by atoms with Crippen molar-refractivity contribution in [2.24, 2.45) is 0 Å². The van der Waals surface area contributed by atoms with E-state index in [1.165, 1.54) is 6.07 Å². The number of ether oxygens (including phenoxy) is 4. The fourth-order valence-corrected chi connectivity index (χ4v) is 6.46. The molecule has 0 saturated carbocycles. The van der Waals surface area contributed by atoms with Gasteiger partial charge >= 0.3 is 0 Å². The Morgan fingerprint density at radius 3 is 2.68 bits per heavy atom. The molecule has 2 aromatic carbocycles. The van der Waals surface area contributed by atoms with Gasteiger partial charge in [0.25, 0.3) is 0 Å². The van der Waals surface area contributed by atoms with E-state index in [9.17, 15) is 0 Å². The summed E-state index contributed by atoms with van der Waals surface area (Å²) in [5.41, 5.74) is 2.47. The lowest BCUT2D eigenvalue weighted by atomic mass is 9.95. The van der Waals surface area contributed by atoms with Crippen LogP contribution in [0.1, 0.15) is 32.4 Å². The van der Waals surface area contributed by atoms with Gasteiger partial charge < -0.3 is 28.8 Å². The molecule has 1 aliphatic carbocycles. The first-order valence-corrected chi connectivity index (χ1v) is 14.8. The van der Waals surface area contributed by atoms with E-state index >= 15 is 4.39 Å². The Kier molecular flexibility index (Phi) is 6.99. The molecule has 0 spiro atoms. The Balaban J connectivity index is 1.15.